The molecule has 0 fully saturated rings. The molecule has 0 aliphatic carbocycles. The Morgan fingerprint density at radius 3 is 2.80 bits per heavy atom. The lowest BCUT2D eigenvalue weighted by Crippen LogP contribution is -2.14. The summed E-state index contributed by atoms with van der Waals surface area (Å²) < 4.78 is 0. The second-order valence-electron chi connectivity index (χ2n) is 5.56. The van der Waals surface area contributed by atoms with Crippen molar-refractivity contribution in [3.05, 3.63) is 82.9 Å². The van der Waals surface area contributed by atoms with Crippen LogP contribution in [0.1, 0.15) is 21.6 Å². The van der Waals surface area contributed by atoms with Gasteiger partial charge in [-0.25, -0.2) is 0 Å². The summed E-state index contributed by atoms with van der Waals surface area (Å²) in [5.74, 6) is -0.268. The summed E-state index contributed by atoms with van der Waals surface area (Å²) in [5, 5.41) is 6.75. The van der Waals surface area contributed by atoms with Crippen molar-refractivity contribution in [2.75, 3.05) is 10.6 Å². The fraction of sp³-hybridized carbons (Fsp3) is 0.105. The van der Waals surface area contributed by atoms with Gasteiger partial charge in [0.2, 0.25) is 0 Å². The highest BCUT2D eigenvalue weighted by atomic mass is 35.5. The number of hydrogen-bond donors (Lipinski definition) is 2. The Bertz CT molecular complexity index is 884. The third kappa shape index (κ3) is 4.55. The van der Waals surface area contributed by atoms with Crippen LogP contribution in [0.3, 0.4) is 0 Å². The molecule has 2 heterocycles. The van der Waals surface area contributed by atoms with Gasteiger partial charge in [0.1, 0.15) is 5.69 Å². The third-order valence-electron chi connectivity index (χ3n) is 3.65. The summed E-state index contributed by atoms with van der Waals surface area (Å²) in [6.45, 7) is 2.51. The lowest BCUT2D eigenvalue weighted by Gasteiger charge is -2.10. The predicted molar refractivity (Wildman–Crippen MR) is 99.9 cm³/mol. The molecule has 0 aliphatic rings. The molecule has 25 heavy (non-hydrogen) atoms. The smallest absolute Gasteiger partial charge is 0.274 e. The molecule has 0 unspecified atom stereocenters. The lowest BCUT2D eigenvalue weighted by molar-refractivity contribution is 0.102. The van der Waals surface area contributed by atoms with Crippen LogP contribution in [-0.2, 0) is 6.54 Å². The summed E-state index contributed by atoms with van der Waals surface area (Å²) >= 11 is 5.94. The first-order valence-corrected chi connectivity index (χ1v) is 8.16. The van der Waals surface area contributed by atoms with Crippen LogP contribution in [0.2, 0.25) is 5.02 Å². The third-order valence-corrected chi connectivity index (χ3v) is 3.88. The molecule has 3 aromatic rings. The van der Waals surface area contributed by atoms with Gasteiger partial charge in [0.25, 0.3) is 5.91 Å². The Balaban J connectivity index is 1.69. The van der Waals surface area contributed by atoms with Gasteiger partial charge < -0.3 is 10.6 Å². The number of pyridine rings is 2. The highest BCUT2D eigenvalue weighted by Crippen LogP contribution is 2.20. The van der Waals surface area contributed by atoms with Crippen LogP contribution in [0.4, 0.5) is 11.4 Å². The van der Waals surface area contributed by atoms with Crippen LogP contribution in [-0.4, -0.2) is 15.9 Å². The number of nitrogens with one attached hydrogen (secondary N) is 2. The largest absolute Gasteiger partial charge is 0.381 e. The van der Waals surface area contributed by atoms with E-state index in [1.165, 1.54) is 0 Å². The van der Waals surface area contributed by atoms with E-state index in [9.17, 15) is 4.79 Å². The SMILES string of the molecule is Cc1cc(Cl)ccc1NC(=O)c1cc(NCc2cccnc2)ccn1. The monoisotopic (exact) mass is 352 g/mol. The molecule has 3 rings (SSSR count). The molecular formula is C19H17ClN4O. The van der Waals surface area contributed by atoms with Gasteiger partial charge in [-0.3, -0.25) is 14.8 Å². The maximum atomic E-state index is 12.4. The Labute approximate surface area is 151 Å². The highest BCUT2D eigenvalue weighted by Gasteiger charge is 2.10. The van der Waals surface area contributed by atoms with E-state index in [0.717, 1.165) is 16.8 Å². The molecule has 0 atom stereocenters. The van der Waals surface area contributed by atoms with E-state index in [2.05, 4.69) is 20.6 Å². The van der Waals surface area contributed by atoms with Crippen LogP contribution in [0.25, 0.3) is 0 Å². The van der Waals surface area contributed by atoms with Crippen molar-refractivity contribution in [3.63, 3.8) is 0 Å². The summed E-state index contributed by atoms with van der Waals surface area (Å²) in [7, 11) is 0. The van der Waals surface area contributed by atoms with Gasteiger partial charge in [-0.05, 0) is 54.4 Å². The van der Waals surface area contributed by atoms with Crippen molar-refractivity contribution in [1.82, 2.24) is 9.97 Å². The van der Waals surface area contributed by atoms with Gasteiger partial charge in [0.05, 0.1) is 0 Å². The summed E-state index contributed by atoms with van der Waals surface area (Å²) in [4.78, 5) is 20.7. The van der Waals surface area contributed by atoms with Gasteiger partial charge in [-0.15, -0.1) is 0 Å². The number of anilines is 2. The van der Waals surface area contributed by atoms with Gasteiger partial charge in [-0.1, -0.05) is 17.7 Å². The predicted octanol–water partition coefficient (Wildman–Crippen LogP) is 4.30. The normalized spacial score (nSPS) is 10.3. The minimum absolute atomic E-state index is 0.268. The Morgan fingerprint density at radius 2 is 2.04 bits per heavy atom. The number of aromatic nitrogens is 2. The standard InChI is InChI=1S/C19H17ClN4O/c1-13-9-15(20)4-5-17(13)24-19(25)18-10-16(6-8-22-18)23-12-14-3-2-7-21-11-14/h2-11H,12H2,1H3,(H,22,23)(H,24,25). The van der Waals surface area contributed by atoms with E-state index in [1.54, 1.807) is 42.9 Å². The molecule has 1 amide bonds. The van der Waals surface area contributed by atoms with Crippen molar-refractivity contribution in [2.24, 2.45) is 0 Å². The number of benzene rings is 1. The van der Waals surface area contributed by atoms with E-state index >= 15 is 0 Å². The molecule has 1 aromatic carbocycles. The molecule has 2 N–H and O–H groups in total. The van der Waals surface area contributed by atoms with Gasteiger partial charge in [-0.2, -0.15) is 0 Å². The molecule has 0 radical (unpaired) electrons. The fourth-order valence-electron chi connectivity index (χ4n) is 2.33. The molecule has 2 aromatic heterocycles. The second-order valence-corrected chi connectivity index (χ2v) is 5.99. The van der Waals surface area contributed by atoms with E-state index in [4.69, 9.17) is 11.6 Å². The van der Waals surface area contributed by atoms with Crippen LogP contribution in [0.5, 0.6) is 0 Å². The summed E-state index contributed by atoms with van der Waals surface area (Å²) in [6, 6.07) is 12.7. The van der Waals surface area contributed by atoms with Crippen molar-refractivity contribution in [2.45, 2.75) is 13.5 Å². The second kappa shape index (κ2) is 7.77. The number of halogens is 1. The number of aryl methyl sites for hydroxylation is 1. The van der Waals surface area contributed by atoms with Crippen molar-refractivity contribution >= 4 is 28.9 Å². The van der Waals surface area contributed by atoms with Crippen LogP contribution < -0.4 is 10.6 Å². The maximum absolute atomic E-state index is 12.4. The van der Waals surface area contributed by atoms with Gasteiger partial charge in [0.15, 0.2) is 0 Å². The Morgan fingerprint density at radius 1 is 1.16 bits per heavy atom. The van der Waals surface area contributed by atoms with Gasteiger partial charge in [0, 0.05) is 41.5 Å². The summed E-state index contributed by atoms with van der Waals surface area (Å²) in [5.41, 5.74) is 3.82. The number of nitrogens with zero attached hydrogens (tertiary/aromatic N) is 2. The number of carbonyl (C=O) groups excluding carboxylic acids is 1. The highest BCUT2D eigenvalue weighted by molar-refractivity contribution is 6.30. The number of hydrogen-bond acceptors (Lipinski definition) is 4. The number of carbonyl (C=O) groups is 1. The zero-order valence-electron chi connectivity index (χ0n) is 13.7. The topological polar surface area (TPSA) is 66.9 Å². The zero-order valence-corrected chi connectivity index (χ0v) is 14.4. The molecule has 126 valence electrons. The number of rotatable bonds is 5. The first-order valence-electron chi connectivity index (χ1n) is 7.78. The van der Waals surface area contributed by atoms with Crippen molar-refractivity contribution < 1.29 is 4.79 Å². The van der Waals surface area contributed by atoms with Crippen LogP contribution in [0.15, 0.2) is 61.1 Å². The van der Waals surface area contributed by atoms with E-state index in [-0.39, 0.29) is 5.91 Å². The van der Waals surface area contributed by atoms with E-state index in [0.29, 0.717) is 22.9 Å². The first kappa shape index (κ1) is 16.9. The maximum Gasteiger partial charge on any atom is 0.274 e. The molecule has 0 saturated heterocycles. The fourth-order valence-corrected chi connectivity index (χ4v) is 2.55. The van der Waals surface area contributed by atoms with Crippen molar-refractivity contribution in [3.8, 4) is 0 Å². The molecule has 5 nitrogen and oxygen atoms in total. The minimum atomic E-state index is -0.268. The van der Waals surface area contributed by atoms with E-state index < -0.39 is 0 Å². The Hall–Kier alpha value is -2.92. The van der Waals surface area contributed by atoms with Crippen molar-refractivity contribution in [1.29, 1.82) is 0 Å². The minimum Gasteiger partial charge on any atom is -0.381 e. The quantitative estimate of drug-likeness (QED) is 0.718. The van der Waals surface area contributed by atoms with Crippen LogP contribution in [0, 0.1) is 6.92 Å². The van der Waals surface area contributed by atoms with E-state index in [1.807, 2.05) is 25.1 Å². The molecule has 0 spiro atoms. The number of amides is 1. The average Bonchev–Trinajstić information content (AvgIpc) is 2.63. The average molecular weight is 353 g/mol. The lowest BCUT2D eigenvalue weighted by atomic mass is 10.2. The van der Waals surface area contributed by atoms with Crippen LogP contribution >= 0.6 is 11.6 Å². The molecule has 0 saturated carbocycles. The van der Waals surface area contributed by atoms with Gasteiger partial charge >= 0.3 is 0 Å². The first-order chi connectivity index (χ1) is 12.1. The summed E-state index contributed by atoms with van der Waals surface area (Å²) in [6.07, 6.45) is 5.14. The molecular weight excluding hydrogens is 336 g/mol. The zero-order chi connectivity index (χ0) is 17.6. The molecule has 0 aliphatic heterocycles. The molecule has 6 heteroatoms. The molecule has 0 bridgehead atoms. The Kier molecular flexibility index (Phi) is 5.26.